The van der Waals surface area contributed by atoms with Crippen LogP contribution in [0.5, 0.6) is 0 Å². The maximum atomic E-state index is 5.60. The molecule has 0 radical (unpaired) electrons. The molecule has 3 N–H and O–H groups in total. The molecule has 4 rings (SSSR count). The van der Waals surface area contributed by atoms with Gasteiger partial charge in [0.25, 0.3) is 0 Å². The van der Waals surface area contributed by atoms with Gasteiger partial charge in [-0.05, 0) is 37.0 Å². The molecule has 7 heteroatoms. The Morgan fingerprint density at radius 2 is 1.77 bits per heavy atom. The van der Waals surface area contributed by atoms with Crippen molar-refractivity contribution in [1.29, 1.82) is 0 Å². The number of rotatable bonds is 7. The average Bonchev–Trinajstić information content (AvgIpc) is 3.24. The lowest BCUT2D eigenvalue weighted by Gasteiger charge is -1.99. The van der Waals surface area contributed by atoms with Crippen molar-refractivity contribution in [3.63, 3.8) is 0 Å². The number of H-pyrrole nitrogens is 1. The van der Waals surface area contributed by atoms with E-state index in [9.17, 15) is 0 Å². The zero-order valence-electron chi connectivity index (χ0n) is 14.4. The van der Waals surface area contributed by atoms with E-state index >= 15 is 0 Å². The summed E-state index contributed by atoms with van der Waals surface area (Å²) >= 11 is 1.46. The molecule has 0 fully saturated rings. The molecule has 0 aliphatic rings. The zero-order valence-corrected chi connectivity index (χ0v) is 15.2. The third-order valence-electron chi connectivity index (χ3n) is 4.28. The van der Waals surface area contributed by atoms with Crippen LogP contribution >= 0.6 is 11.3 Å². The van der Waals surface area contributed by atoms with E-state index in [1.54, 1.807) is 0 Å². The molecule has 0 amide bonds. The fraction of sp³-hybridized carbons (Fsp3) is 0.263. The largest absolute Gasteiger partial charge is 0.374 e. The third-order valence-corrected chi connectivity index (χ3v) is 5.09. The first kappa shape index (κ1) is 16.7. The minimum absolute atomic E-state index is 0.537. The van der Waals surface area contributed by atoms with E-state index in [0.717, 1.165) is 59.5 Å². The Morgan fingerprint density at radius 1 is 0.923 bits per heavy atom. The normalized spacial score (nSPS) is 11.2. The van der Waals surface area contributed by atoms with Crippen LogP contribution < -0.4 is 5.73 Å². The number of hydrogen-bond acceptors (Lipinski definition) is 6. The Kier molecular flexibility index (Phi) is 4.88. The molecule has 0 unspecified atom stereocenters. The molecule has 3 aromatic heterocycles. The third kappa shape index (κ3) is 4.05. The van der Waals surface area contributed by atoms with Gasteiger partial charge in [-0.3, -0.25) is 0 Å². The monoisotopic (exact) mass is 364 g/mol. The van der Waals surface area contributed by atoms with Crippen LogP contribution in [0.2, 0.25) is 0 Å². The molecule has 6 nitrogen and oxygen atoms in total. The van der Waals surface area contributed by atoms with Gasteiger partial charge < -0.3 is 10.7 Å². The van der Waals surface area contributed by atoms with Gasteiger partial charge in [-0.15, -0.1) is 15.3 Å². The molecular weight excluding hydrogens is 344 g/mol. The fourth-order valence-electron chi connectivity index (χ4n) is 3.01. The van der Waals surface area contributed by atoms with Crippen molar-refractivity contribution >= 4 is 27.5 Å². The number of aryl methyl sites for hydroxylation is 2. The minimum Gasteiger partial charge on any atom is -0.374 e. The summed E-state index contributed by atoms with van der Waals surface area (Å²) in [5.41, 5.74) is 9.92. The van der Waals surface area contributed by atoms with Gasteiger partial charge >= 0.3 is 0 Å². The molecule has 1 aromatic carbocycles. The highest BCUT2D eigenvalue weighted by molar-refractivity contribution is 7.15. The lowest BCUT2D eigenvalue weighted by Crippen LogP contribution is -1.94. The smallest absolute Gasteiger partial charge is 0.203 e. The number of aromatic nitrogens is 5. The summed E-state index contributed by atoms with van der Waals surface area (Å²) in [6.07, 6.45) is 4.78. The lowest BCUT2D eigenvalue weighted by molar-refractivity contribution is 0.709. The van der Waals surface area contributed by atoms with E-state index < -0.39 is 0 Å². The zero-order chi connectivity index (χ0) is 17.8. The molecule has 4 aromatic rings. The van der Waals surface area contributed by atoms with Crippen molar-refractivity contribution in [1.82, 2.24) is 25.4 Å². The molecule has 0 aliphatic carbocycles. The first-order valence-corrected chi connectivity index (χ1v) is 9.54. The molecule has 3 heterocycles. The van der Waals surface area contributed by atoms with Gasteiger partial charge in [0.1, 0.15) is 5.01 Å². The highest BCUT2D eigenvalue weighted by atomic mass is 32.1. The van der Waals surface area contributed by atoms with Crippen molar-refractivity contribution in [2.24, 2.45) is 0 Å². The van der Waals surface area contributed by atoms with E-state index in [0.29, 0.717) is 5.13 Å². The maximum absolute atomic E-state index is 5.60. The summed E-state index contributed by atoms with van der Waals surface area (Å²) < 4.78 is 0. The van der Waals surface area contributed by atoms with Crippen molar-refractivity contribution in [2.45, 2.75) is 32.1 Å². The highest BCUT2D eigenvalue weighted by Gasteiger charge is 2.06. The van der Waals surface area contributed by atoms with Crippen LogP contribution in [0.4, 0.5) is 5.13 Å². The van der Waals surface area contributed by atoms with Crippen LogP contribution in [0.15, 0.2) is 42.5 Å². The van der Waals surface area contributed by atoms with Gasteiger partial charge in [-0.25, -0.2) is 0 Å². The Balaban J connectivity index is 1.36. The summed E-state index contributed by atoms with van der Waals surface area (Å²) in [6.45, 7) is 0. The molecule has 0 spiro atoms. The summed E-state index contributed by atoms with van der Waals surface area (Å²) in [5.74, 6) is 0. The van der Waals surface area contributed by atoms with E-state index in [1.165, 1.54) is 16.9 Å². The highest BCUT2D eigenvalue weighted by Crippen LogP contribution is 2.18. The molecule has 26 heavy (non-hydrogen) atoms. The first-order chi connectivity index (χ1) is 12.8. The second-order valence-corrected chi connectivity index (χ2v) is 7.43. The summed E-state index contributed by atoms with van der Waals surface area (Å²) in [7, 11) is 0. The fourth-order valence-corrected chi connectivity index (χ4v) is 3.67. The van der Waals surface area contributed by atoms with Crippen LogP contribution in [-0.2, 0) is 19.3 Å². The Hall–Kier alpha value is -2.80. The lowest BCUT2D eigenvalue weighted by atomic mass is 10.1. The van der Waals surface area contributed by atoms with Crippen LogP contribution in [0.3, 0.4) is 0 Å². The molecule has 0 aliphatic heterocycles. The summed E-state index contributed by atoms with van der Waals surface area (Å²) in [4.78, 5) is 3.36. The number of benzene rings is 1. The van der Waals surface area contributed by atoms with Crippen molar-refractivity contribution in [2.75, 3.05) is 5.73 Å². The van der Waals surface area contributed by atoms with E-state index in [1.807, 2.05) is 6.07 Å². The van der Waals surface area contributed by atoms with Crippen LogP contribution in [0.1, 0.15) is 34.8 Å². The van der Waals surface area contributed by atoms with E-state index in [4.69, 9.17) is 5.73 Å². The van der Waals surface area contributed by atoms with Gasteiger partial charge in [0.15, 0.2) is 5.65 Å². The van der Waals surface area contributed by atoms with E-state index in [-0.39, 0.29) is 0 Å². The van der Waals surface area contributed by atoms with Crippen LogP contribution in [-0.4, -0.2) is 25.4 Å². The SMILES string of the molecule is Nc1nnc(CCCCc2cc3cc(Cc4ccccc4)[nH]c3nn2)s1. The Morgan fingerprint density at radius 3 is 2.58 bits per heavy atom. The number of nitrogens with two attached hydrogens (primary N) is 1. The molecule has 0 bridgehead atoms. The average molecular weight is 364 g/mol. The van der Waals surface area contributed by atoms with Gasteiger partial charge in [-0.2, -0.15) is 5.10 Å². The first-order valence-electron chi connectivity index (χ1n) is 8.72. The number of nitrogens with zero attached hydrogens (tertiary/aromatic N) is 4. The Labute approximate surface area is 155 Å². The van der Waals surface area contributed by atoms with Gasteiger partial charge in [0, 0.05) is 23.9 Å². The van der Waals surface area contributed by atoms with Gasteiger partial charge in [0.2, 0.25) is 5.13 Å². The quantitative estimate of drug-likeness (QED) is 0.489. The number of fused-ring (bicyclic) bond motifs is 1. The number of hydrogen-bond donors (Lipinski definition) is 2. The predicted octanol–water partition coefficient (Wildman–Crippen LogP) is 3.55. The molecule has 0 atom stereocenters. The van der Waals surface area contributed by atoms with Crippen molar-refractivity contribution in [3.8, 4) is 0 Å². The summed E-state index contributed by atoms with van der Waals surface area (Å²) in [5, 5.41) is 19.2. The summed E-state index contributed by atoms with van der Waals surface area (Å²) in [6, 6.07) is 14.7. The predicted molar refractivity (Wildman–Crippen MR) is 104 cm³/mol. The minimum atomic E-state index is 0.537. The molecule has 0 saturated heterocycles. The number of aromatic amines is 1. The standard InChI is InChI=1S/C19H20N6S/c20-19-25-23-17(26-19)9-5-4-8-15-11-14-12-16(21-18(14)24-22-15)10-13-6-2-1-3-7-13/h1-3,6-7,11-12H,4-5,8-10H2,(H2,20,25)(H,21,24). The number of nitrogen functional groups attached to an aromatic ring is 1. The van der Waals surface area contributed by atoms with Crippen molar-refractivity contribution in [3.05, 3.63) is 64.4 Å². The molecule has 132 valence electrons. The topological polar surface area (TPSA) is 93.4 Å². The second-order valence-electron chi connectivity index (χ2n) is 6.34. The van der Waals surface area contributed by atoms with Gasteiger partial charge in [0.05, 0.1) is 5.69 Å². The second kappa shape index (κ2) is 7.61. The number of anilines is 1. The number of nitrogens with one attached hydrogen (secondary N) is 1. The molecule has 0 saturated carbocycles. The number of unbranched alkanes of at least 4 members (excludes halogenated alkanes) is 1. The molecular formula is C19H20N6S. The Bertz CT molecular complexity index is 992. The maximum Gasteiger partial charge on any atom is 0.203 e. The van der Waals surface area contributed by atoms with Crippen LogP contribution in [0, 0.1) is 0 Å². The van der Waals surface area contributed by atoms with Crippen molar-refractivity contribution < 1.29 is 0 Å². The van der Waals surface area contributed by atoms with E-state index in [2.05, 4.69) is 61.8 Å². The van der Waals surface area contributed by atoms with Crippen LogP contribution in [0.25, 0.3) is 11.0 Å². The van der Waals surface area contributed by atoms with Gasteiger partial charge in [-0.1, -0.05) is 41.7 Å².